The summed E-state index contributed by atoms with van der Waals surface area (Å²) in [5.41, 5.74) is 2.52. The summed E-state index contributed by atoms with van der Waals surface area (Å²) in [5.74, 6) is 0.334. The lowest BCUT2D eigenvalue weighted by molar-refractivity contribution is 0.0526. The standard InChI is InChI=1S/C26H33BrO4/c1-3-11-20-18-22(14-15-24(20)31-17-9-7-5-6-8-16-27)25(28)21-12-10-13-23(19-21)26(29)30-4-2/h10,12-15,18-19H,3-9,11,16-17H2,1-2H3. The zero-order valence-electron chi connectivity index (χ0n) is 18.6. The fraction of sp³-hybridized carbons (Fsp3) is 0.462. The molecule has 0 atom stereocenters. The number of rotatable bonds is 14. The molecule has 31 heavy (non-hydrogen) atoms. The highest BCUT2D eigenvalue weighted by Gasteiger charge is 2.15. The van der Waals surface area contributed by atoms with Crippen molar-refractivity contribution >= 4 is 27.7 Å². The minimum atomic E-state index is -0.417. The van der Waals surface area contributed by atoms with Crippen LogP contribution in [0.2, 0.25) is 0 Å². The van der Waals surface area contributed by atoms with Gasteiger partial charge in [0.05, 0.1) is 18.8 Å². The summed E-state index contributed by atoms with van der Waals surface area (Å²) in [6, 6.07) is 12.3. The first-order valence-corrected chi connectivity index (χ1v) is 12.4. The Labute approximate surface area is 194 Å². The van der Waals surface area contributed by atoms with Crippen LogP contribution in [0.25, 0.3) is 0 Å². The van der Waals surface area contributed by atoms with Crippen LogP contribution in [0.15, 0.2) is 42.5 Å². The molecule has 2 aromatic carbocycles. The summed E-state index contributed by atoms with van der Waals surface area (Å²) < 4.78 is 11.1. The van der Waals surface area contributed by atoms with Gasteiger partial charge >= 0.3 is 5.97 Å². The summed E-state index contributed by atoms with van der Waals surface area (Å²) in [6.45, 7) is 4.87. The number of alkyl halides is 1. The van der Waals surface area contributed by atoms with Crippen LogP contribution < -0.4 is 4.74 Å². The molecular weight excluding hydrogens is 456 g/mol. The maximum absolute atomic E-state index is 13.0. The molecule has 0 aliphatic carbocycles. The molecule has 0 amide bonds. The molecule has 0 saturated heterocycles. The van der Waals surface area contributed by atoms with E-state index in [-0.39, 0.29) is 5.78 Å². The highest BCUT2D eigenvalue weighted by Crippen LogP contribution is 2.24. The van der Waals surface area contributed by atoms with Gasteiger partial charge in [-0.25, -0.2) is 4.79 Å². The number of hydrogen-bond acceptors (Lipinski definition) is 4. The number of ketones is 1. The van der Waals surface area contributed by atoms with E-state index in [1.165, 1.54) is 25.7 Å². The Kier molecular flexibility index (Phi) is 11.4. The Bertz CT molecular complexity index is 847. The third kappa shape index (κ3) is 8.13. The van der Waals surface area contributed by atoms with E-state index in [0.717, 1.165) is 35.9 Å². The number of aryl methyl sites for hydroxylation is 1. The van der Waals surface area contributed by atoms with Gasteiger partial charge in [0.2, 0.25) is 0 Å². The second-order valence-electron chi connectivity index (χ2n) is 7.51. The third-order valence-electron chi connectivity index (χ3n) is 5.01. The van der Waals surface area contributed by atoms with Gasteiger partial charge < -0.3 is 9.47 Å². The molecular formula is C26H33BrO4. The number of unbranched alkanes of at least 4 members (excludes halogenated alkanes) is 4. The van der Waals surface area contributed by atoms with Crippen molar-refractivity contribution in [3.05, 3.63) is 64.7 Å². The largest absolute Gasteiger partial charge is 0.493 e. The van der Waals surface area contributed by atoms with Crippen molar-refractivity contribution in [1.29, 1.82) is 0 Å². The number of esters is 1. The summed E-state index contributed by atoms with van der Waals surface area (Å²) in [7, 11) is 0. The van der Waals surface area contributed by atoms with E-state index >= 15 is 0 Å². The number of halogens is 1. The Morgan fingerprint density at radius 2 is 1.58 bits per heavy atom. The summed E-state index contributed by atoms with van der Waals surface area (Å²) >= 11 is 3.46. The maximum Gasteiger partial charge on any atom is 0.338 e. The minimum absolute atomic E-state index is 0.109. The fourth-order valence-electron chi connectivity index (χ4n) is 3.40. The molecule has 0 N–H and O–H groups in total. The predicted molar refractivity (Wildman–Crippen MR) is 129 cm³/mol. The normalized spacial score (nSPS) is 10.7. The third-order valence-corrected chi connectivity index (χ3v) is 5.57. The highest BCUT2D eigenvalue weighted by molar-refractivity contribution is 9.09. The predicted octanol–water partition coefficient (Wildman–Crippen LogP) is 6.77. The van der Waals surface area contributed by atoms with Gasteiger partial charge in [-0.1, -0.05) is 60.7 Å². The molecule has 2 rings (SSSR count). The topological polar surface area (TPSA) is 52.6 Å². The molecule has 0 aliphatic heterocycles. The van der Waals surface area contributed by atoms with Crippen molar-refractivity contribution in [3.8, 4) is 5.75 Å². The van der Waals surface area contributed by atoms with Crippen molar-refractivity contribution in [1.82, 2.24) is 0 Å². The second kappa shape index (κ2) is 14.0. The van der Waals surface area contributed by atoms with Crippen LogP contribution in [-0.4, -0.2) is 30.3 Å². The first-order chi connectivity index (χ1) is 15.1. The van der Waals surface area contributed by atoms with Gasteiger partial charge in [-0.3, -0.25) is 4.79 Å². The van der Waals surface area contributed by atoms with E-state index in [2.05, 4.69) is 22.9 Å². The quantitative estimate of drug-likeness (QED) is 0.127. The summed E-state index contributed by atoms with van der Waals surface area (Å²) in [5, 5.41) is 1.07. The van der Waals surface area contributed by atoms with Gasteiger partial charge in [0, 0.05) is 16.5 Å². The SMILES string of the molecule is CCCc1cc(C(=O)c2cccc(C(=O)OCC)c2)ccc1OCCCCCCCBr. The van der Waals surface area contributed by atoms with Crippen molar-refractivity contribution in [3.63, 3.8) is 0 Å². The zero-order valence-corrected chi connectivity index (χ0v) is 20.2. The number of hydrogen-bond donors (Lipinski definition) is 0. The molecule has 0 fully saturated rings. The first kappa shape index (κ1) is 25.1. The van der Waals surface area contributed by atoms with Crippen LogP contribution in [0.4, 0.5) is 0 Å². The molecule has 0 aromatic heterocycles. The minimum Gasteiger partial charge on any atom is -0.493 e. The number of benzene rings is 2. The highest BCUT2D eigenvalue weighted by atomic mass is 79.9. The molecule has 2 aromatic rings. The molecule has 5 heteroatoms. The zero-order chi connectivity index (χ0) is 22.5. The Morgan fingerprint density at radius 3 is 2.32 bits per heavy atom. The molecule has 0 bridgehead atoms. The van der Waals surface area contributed by atoms with Crippen LogP contribution in [0.3, 0.4) is 0 Å². The van der Waals surface area contributed by atoms with E-state index in [9.17, 15) is 9.59 Å². The number of ether oxygens (including phenoxy) is 2. The maximum atomic E-state index is 13.0. The van der Waals surface area contributed by atoms with E-state index in [1.807, 2.05) is 18.2 Å². The number of carbonyl (C=O) groups excluding carboxylic acids is 2. The van der Waals surface area contributed by atoms with Crippen molar-refractivity contribution in [2.45, 2.75) is 58.8 Å². The average Bonchev–Trinajstić information content (AvgIpc) is 2.79. The first-order valence-electron chi connectivity index (χ1n) is 11.2. The molecule has 168 valence electrons. The molecule has 0 heterocycles. The van der Waals surface area contributed by atoms with Crippen LogP contribution in [0.1, 0.15) is 84.2 Å². The van der Waals surface area contributed by atoms with E-state index in [4.69, 9.17) is 9.47 Å². The van der Waals surface area contributed by atoms with Crippen LogP contribution in [-0.2, 0) is 11.2 Å². The van der Waals surface area contributed by atoms with Crippen LogP contribution in [0.5, 0.6) is 5.75 Å². The lowest BCUT2D eigenvalue weighted by Gasteiger charge is -2.13. The van der Waals surface area contributed by atoms with Gasteiger partial charge in [-0.2, -0.15) is 0 Å². The molecule has 0 unspecified atom stereocenters. The van der Waals surface area contributed by atoms with Gasteiger partial charge in [0.1, 0.15) is 5.75 Å². The Hall–Kier alpha value is -2.14. The average molecular weight is 489 g/mol. The summed E-state index contributed by atoms with van der Waals surface area (Å²) in [6.07, 6.45) is 7.73. The fourth-order valence-corrected chi connectivity index (χ4v) is 3.80. The monoisotopic (exact) mass is 488 g/mol. The van der Waals surface area contributed by atoms with E-state index < -0.39 is 5.97 Å². The van der Waals surface area contributed by atoms with Crippen molar-refractivity contribution < 1.29 is 19.1 Å². The van der Waals surface area contributed by atoms with Crippen LogP contribution in [0, 0.1) is 0 Å². The Morgan fingerprint density at radius 1 is 0.871 bits per heavy atom. The van der Waals surface area contributed by atoms with E-state index in [1.54, 1.807) is 31.2 Å². The Balaban J connectivity index is 2.06. The van der Waals surface area contributed by atoms with E-state index in [0.29, 0.717) is 29.9 Å². The molecule has 0 aliphatic rings. The van der Waals surface area contributed by atoms with Gasteiger partial charge in [-0.15, -0.1) is 0 Å². The molecule has 0 radical (unpaired) electrons. The lowest BCUT2D eigenvalue weighted by atomic mass is 9.98. The van der Waals surface area contributed by atoms with Gasteiger partial charge in [0.25, 0.3) is 0 Å². The smallest absolute Gasteiger partial charge is 0.338 e. The number of carbonyl (C=O) groups is 2. The molecule has 4 nitrogen and oxygen atoms in total. The molecule has 0 spiro atoms. The second-order valence-corrected chi connectivity index (χ2v) is 8.30. The lowest BCUT2D eigenvalue weighted by Crippen LogP contribution is -2.08. The molecule has 0 saturated carbocycles. The van der Waals surface area contributed by atoms with Gasteiger partial charge in [0.15, 0.2) is 5.78 Å². The summed E-state index contributed by atoms with van der Waals surface area (Å²) in [4.78, 5) is 25.0. The van der Waals surface area contributed by atoms with Crippen molar-refractivity contribution in [2.24, 2.45) is 0 Å². The van der Waals surface area contributed by atoms with Crippen molar-refractivity contribution in [2.75, 3.05) is 18.5 Å². The van der Waals surface area contributed by atoms with Gasteiger partial charge in [-0.05, 0) is 62.1 Å². The van der Waals surface area contributed by atoms with Crippen LogP contribution >= 0.6 is 15.9 Å².